The minimum Gasteiger partial charge on any atom is -0.347 e. The van der Waals surface area contributed by atoms with Gasteiger partial charge in [-0.25, -0.2) is 0 Å². The molecule has 0 bridgehead atoms. The first-order chi connectivity index (χ1) is 5.18. The zero-order chi connectivity index (χ0) is 8.27. The third-order valence-electron chi connectivity index (χ3n) is 1.33. The Morgan fingerprint density at radius 2 is 2.27 bits per heavy atom. The molecule has 0 spiro atoms. The van der Waals surface area contributed by atoms with Crippen LogP contribution in [0.5, 0.6) is 0 Å². The fourth-order valence-electron chi connectivity index (χ4n) is 0.961. The van der Waals surface area contributed by atoms with Crippen LogP contribution in [0.1, 0.15) is 19.5 Å². The van der Waals surface area contributed by atoms with Crippen molar-refractivity contribution in [2.24, 2.45) is 5.92 Å². The number of H-pyrrole nitrogens is 1. The molecule has 0 fully saturated rings. The summed E-state index contributed by atoms with van der Waals surface area (Å²) in [6, 6.07) is 0. The van der Waals surface area contributed by atoms with E-state index in [2.05, 4.69) is 23.8 Å². The van der Waals surface area contributed by atoms with Gasteiger partial charge in [-0.05, 0) is 12.3 Å². The molecular weight excluding hydrogens is 156 g/mol. The predicted molar refractivity (Wildman–Crippen MR) is 48.0 cm³/mol. The lowest BCUT2D eigenvalue weighted by atomic mass is 10.1. The summed E-state index contributed by atoms with van der Waals surface area (Å²) in [6.07, 6.45) is 4.49. The Morgan fingerprint density at radius 3 is 2.82 bits per heavy atom. The van der Waals surface area contributed by atoms with Gasteiger partial charge in [0, 0.05) is 11.9 Å². The molecule has 0 unspecified atom stereocenters. The summed E-state index contributed by atoms with van der Waals surface area (Å²) in [7, 11) is 0. The van der Waals surface area contributed by atoms with E-state index in [4.69, 9.17) is 12.2 Å². The van der Waals surface area contributed by atoms with Gasteiger partial charge < -0.3 is 4.98 Å². The van der Waals surface area contributed by atoms with Gasteiger partial charge in [0.05, 0.1) is 6.20 Å². The monoisotopic (exact) mass is 168 g/mol. The third-order valence-corrected chi connectivity index (χ3v) is 1.54. The summed E-state index contributed by atoms with van der Waals surface area (Å²) in [6.45, 7) is 4.34. The highest BCUT2D eigenvalue weighted by Crippen LogP contribution is 2.02. The smallest absolute Gasteiger partial charge is 0.121 e. The number of hydrogen-bond acceptors (Lipinski definition) is 2. The summed E-state index contributed by atoms with van der Waals surface area (Å²) in [5.41, 5.74) is 1.12. The molecule has 1 rings (SSSR count). The molecule has 0 aliphatic rings. The van der Waals surface area contributed by atoms with Crippen LogP contribution in [0.2, 0.25) is 0 Å². The molecule has 0 atom stereocenters. The summed E-state index contributed by atoms with van der Waals surface area (Å²) < 4.78 is 0.711. The molecule has 0 aromatic carbocycles. The van der Waals surface area contributed by atoms with Gasteiger partial charge in [0.2, 0.25) is 0 Å². The van der Waals surface area contributed by atoms with Crippen molar-refractivity contribution in [1.82, 2.24) is 9.97 Å². The molecule has 11 heavy (non-hydrogen) atoms. The number of aromatic amines is 1. The van der Waals surface area contributed by atoms with Gasteiger partial charge in [-0.1, -0.05) is 26.1 Å². The minimum atomic E-state index is 0.643. The molecule has 60 valence electrons. The summed E-state index contributed by atoms with van der Waals surface area (Å²) >= 11 is 4.93. The highest BCUT2D eigenvalue weighted by Gasteiger charge is 1.96. The van der Waals surface area contributed by atoms with Crippen molar-refractivity contribution in [1.29, 1.82) is 0 Å². The van der Waals surface area contributed by atoms with E-state index in [1.54, 1.807) is 6.20 Å². The fraction of sp³-hybridized carbons (Fsp3) is 0.500. The highest BCUT2D eigenvalue weighted by molar-refractivity contribution is 7.71. The molecule has 0 saturated heterocycles. The third kappa shape index (κ3) is 2.80. The predicted octanol–water partition coefficient (Wildman–Crippen LogP) is 2.34. The Labute approximate surface area is 71.7 Å². The molecule has 0 radical (unpaired) electrons. The van der Waals surface area contributed by atoms with Crippen LogP contribution in [0, 0.1) is 10.6 Å². The van der Waals surface area contributed by atoms with Crippen LogP contribution in [0.15, 0.2) is 12.4 Å². The Balaban J connectivity index is 2.80. The Kier molecular flexibility index (Phi) is 2.76. The molecule has 1 aromatic heterocycles. The van der Waals surface area contributed by atoms with Crippen molar-refractivity contribution >= 4 is 12.2 Å². The van der Waals surface area contributed by atoms with Crippen LogP contribution in [0.3, 0.4) is 0 Å². The molecule has 0 aliphatic heterocycles. The number of nitrogens with zero attached hydrogens (tertiary/aromatic N) is 1. The van der Waals surface area contributed by atoms with Crippen molar-refractivity contribution in [3.63, 3.8) is 0 Å². The van der Waals surface area contributed by atoms with Crippen LogP contribution in [0.25, 0.3) is 0 Å². The average Bonchev–Trinajstić information content (AvgIpc) is 1.85. The van der Waals surface area contributed by atoms with E-state index in [0.717, 1.165) is 12.1 Å². The van der Waals surface area contributed by atoms with E-state index >= 15 is 0 Å². The van der Waals surface area contributed by atoms with Gasteiger partial charge in [0.25, 0.3) is 0 Å². The van der Waals surface area contributed by atoms with E-state index in [0.29, 0.717) is 10.6 Å². The van der Waals surface area contributed by atoms with E-state index in [1.807, 2.05) is 6.20 Å². The van der Waals surface area contributed by atoms with E-state index in [-0.39, 0.29) is 0 Å². The maximum atomic E-state index is 4.93. The summed E-state index contributed by atoms with van der Waals surface area (Å²) in [5, 5.41) is 0. The maximum absolute atomic E-state index is 4.93. The molecule has 1 heterocycles. The molecule has 1 N–H and O–H groups in total. The lowest BCUT2D eigenvalue weighted by molar-refractivity contribution is 0.632. The molecule has 3 heteroatoms. The Bertz CT molecular complexity index is 277. The van der Waals surface area contributed by atoms with Crippen LogP contribution in [-0.2, 0) is 6.42 Å². The van der Waals surface area contributed by atoms with Crippen molar-refractivity contribution in [3.8, 4) is 0 Å². The van der Waals surface area contributed by atoms with Gasteiger partial charge in [0.15, 0.2) is 0 Å². The minimum absolute atomic E-state index is 0.643. The van der Waals surface area contributed by atoms with E-state index in [9.17, 15) is 0 Å². The van der Waals surface area contributed by atoms with Crippen molar-refractivity contribution in [2.75, 3.05) is 0 Å². The van der Waals surface area contributed by atoms with Gasteiger partial charge in [-0.2, -0.15) is 0 Å². The second kappa shape index (κ2) is 3.62. The quantitative estimate of drug-likeness (QED) is 0.687. The summed E-state index contributed by atoms with van der Waals surface area (Å²) in [4.78, 5) is 7.09. The topological polar surface area (TPSA) is 28.7 Å². The number of aromatic nitrogens is 2. The largest absolute Gasteiger partial charge is 0.347 e. The number of rotatable bonds is 2. The fourth-order valence-corrected chi connectivity index (χ4v) is 1.15. The second-order valence-electron chi connectivity index (χ2n) is 3.02. The lowest BCUT2D eigenvalue weighted by Gasteiger charge is -2.02. The normalized spacial score (nSPS) is 10.5. The molecule has 2 nitrogen and oxygen atoms in total. The van der Waals surface area contributed by atoms with E-state index < -0.39 is 0 Å². The van der Waals surface area contributed by atoms with Gasteiger partial charge in [-0.15, -0.1) is 0 Å². The van der Waals surface area contributed by atoms with Crippen molar-refractivity contribution < 1.29 is 0 Å². The average molecular weight is 168 g/mol. The first kappa shape index (κ1) is 8.40. The zero-order valence-corrected chi connectivity index (χ0v) is 7.61. The number of hydrogen-bond donors (Lipinski definition) is 1. The Morgan fingerprint density at radius 1 is 1.55 bits per heavy atom. The molecule has 0 amide bonds. The SMILES string of the molecule is CC(C)Cc1cncc(=S)[nH]1. The second-order valence-corrected chi connectivity index (χ2v) is 3.46. The van der Waals surface area contributed by atoms with Gasteiger partial charge in [0.1, 0.15) is 4.64 Å². The lowest BCUT2D eigenvalue weighted by Crippen LogP contribution is -1.97. The Hall–Kier alpha value is -0.700. The van der Waals surface area contributed by atoms with Crippen LogP contribution in [-0.4, -0.2) is 9.97 Å². The maximum Gasteiger partial charge on any atom is 0.121 e. The zero-order valence-electron chi connectivity index (χ0n) is 6.79. The van der Waals surface area contributed by atoms with Crippen LogP contribution in [0.4, 0.5) is 0 Å². The van der Waals surface area contributed by atoms with Gasteiger partial charge >= 0.3 is 0 Å². The standard InChI is InChI=1S/C8H12N2S/c1-6(2)3-7-4-9-5-8(11)10-7/h4-6H,3H2,1-2H3,(H,10,11). The summed E-state index contributed by atoms with van der Waals surface area (Å²) in [5.74, 6) is 0.643. The first-order valence-electron chi connectivity index (χ1n) is 3.71. The molecule has 0 saturated carbocycles. The first-order valence-corrected chi connectivity index (χ1v) is 4.12. The number of nitrogens with one attached hydrogen (secondary N) is 1. The molecule has 1 aromatic rings. The molecule has 0 aliphatic carbocycles. The molecular formula is C8H12N2S. The highest BCUT2D eigenvalue weighted by atomic mass is 32.1. The van der Waals surface area contributed by atoms with E-state index in [1.165, 1.54) is 0 Å². The van der Waals surface area contributed by atoms with Crippen molar-refractivity contribution in [3.05, 3.63) is 22.7 Å². The van der Waals surface area contributed by atoms with Gasteiger partial charge in [-0.3, -0.25) is 4.98 Å². The van der Waals surface area contributed by atoms with Crippen LogP contribution < -0.4 is 0 Å². The van der Waals surface area contributed by atoms with Crippen LogP contribution >= 0.6 is 12.2 Å². The van der Waals surface area contributed by atoms with Crippen molar-refractivity contribution in [2.45, 2.75) is 20.3 Å².